The number of aromatic nitrogens is 1. The Morgan fingerprint density at radius 2 is 2.56 bits per heavy atom. The van der Waals surface area contributed by atoms with Crippen molar-refractivity contribution in [2.75, 3.05) is 19.0 Å². The van der Waals surface area contributed by atoms with Gasteiger partial charge in [-0.1, -0.05) is 5.16 Å². The molecule has 2 rings (SSSR count). The predicted molar refractivity (Wildman–Crippen MR) is 60.6 cm³/mol. The van der Waals surface area contributed by atoms with Gasteiger partial charge in [0.05, 0.1) is 6.20 Å². The van der Waals surface area contributed by atoms with Crippen molar-refractivity contribution in [1.29, 1.82) is 0 Å². The molecule has 0 saturated carbocycles. The second kappa shape index (κ2) is 4.87. The molecule has 1 saturated heterocycles. The van der Waals surface area contributed by atoms with Crippen molar-refractivity contribution in [3.05, 3.63) is 17.5 Å². The Labute approximate surface area is 99.5 Å². The van der Waals surface area contributed by atoms with E-state index in [9.17, 15) is 4.79 Å². The fourth-order valence-corrected chi connectivity index (χ4v) is 2.39. The zero-order valence-electron chi connectivity index (χ0n) is 9.28. The molecule has 88 valence electrons. The van der Waals surface area contributed by atoms with Gasteiger partial charge in [0, 0.05) is 19.0 Å². The average molecular weight is 243 g/mol. The van der Waals surface area contributed by atoms with Crippen LogP contribution in [0.25, 0.3) is 0 Å². The summed E-state index contributed by atoms with van der Waals surface area (Å²) in [7, 11) is 0. The Hall–Kier alpha value is -1.03. The minimum Gasteiger partial charge on any atom is -0.361 e. The second-order valence-corrected chi connectivity index (χ2v) is 4.56. The second-order valence-electron chi connectivity index (χ2n) is 4.18. The maximum atomic E-state index is 12.1. The molecule has 1 aliphatic heterocycles. The van der Waals surface area contributed by atoms with E-state index in [-0.39, 0.29) is 5.91 Å². The molecule has 0 N–H and O–H groups in total. The van der Waals surface area contributed by atoms with Gasteiger partial charge in [0.2, 0.25) is 0 Å². The van der Waals surface area contributed by atoms with Gasteiger partial charge in [0.1, 0.15) is 11.3 Å². The lowest BCUT2D eigenvalue weighted by Gasteiger charge is -2.15. The van der Waals surface area contributed by atoms with Crippen molar-refractivity contribution < 1.29 is 9.32 Å². The molecule has 4 nitrogen and oxygen atoms in total. The molecule has 1 fully saturated rings. The van der Waals surface area contributed by atoms with E-state index in [1.807, 2.05) is 4.90 Å². The summed E-state index contributed by atoms with van der Waals surface area (Å²) in [4.78, 5) is 13.9. The molecule has 1 aliphatic rings. The fraction of sp³-hybridized carbons (Fsp3) is 0.636. The summed E-state index contributed by atoms with van der Waals surface area (Å²) in [5.74, 6) is 1.82. The zero-order chi connectivity index (χ0) is 11.5. The third-order valence-electron chi connectivity index (χ3n) is 3.07. The number of likely N-dealkylation sites (tertiary alicyclic amines) is 1. The molecular formula is C11H15ClN2O2. The van der Waals surface area contributed by atoms with Crippen LogP contribution in [-0.2, 0) is 0 Å². The lowest BCUT2D eigenvalue weighted by Crippen LogP contribution is -2.28. The van der Waals surface area contributed by atoms with Gasteiger partial charge >= 0.3 is 0 Å². The number of aryl methyl sites for hydroxylation is 1. The molecular weight excluding hydrogens is 228 g/mol. The maximum absolute atomic E-state index is 12.1. The molecule has 1 aromatic heterocycles. The van der Waals surface area contributed by atoms with E-state index in [2.05, 4.69) is 5.16 Å². The summed E-state index contributed by atoms with van der Waals surface area (Å²) < 4.78 is 4.90. The summed E-state index contributed by atoms with van der Waals surface area (Å²) in [6.07, 6.45) is 3.52. The van der Waals surface area contributed by atoms with Crippen molar-refractivity contribution in [2.45, 2.75) is 19.8 Å². The molecule has 0 aromatic carbocycles. The molecule has 0 spiro atoms. The molecule has 5 heteroatoms. The summed E-state index contributed by atoms with van der Waals surface area (Å²) in [5.41, 5.74) is 0.575. The van der Waals surface area contributed by atoms with Crippen LogP contribution in [0.2, 0.25) is 0 Å². The largest absolute Gasteiger partial charge is 0.361 e. The van der Waals surface area contributed by atoms with Crippen LogP contribution in [0.3, 0.4) is 0 Å². The summed E-state index contributed by atoms with van der Waals surface area (Å²) in [6.45, 7) is 3.37. The van der Waals surface area contributed by atoms with Crippen molar-refractivity contribution in [1.82, 2.24) is 10.1 Å². The third kappa shape index (κ3) is 2.21. The van der Waals surface area contributed by atoms with E-state index < -0.39 is 0 Å². The van der Waals surface area contributed by atoms with Crippen LogP contribution in [-0.4, -0.2) is 34.9 Å². The summed E-state index contributed by atoms with van der Waals surface area (Å²) >= 11 is 5.71. The van der Waals surface area contributed by atoms with Crippen LogP contribution >= 0.6 is 11.6 Å². The maximum Gasteiger partial charge on any atom is 0.259 e. The highest BCUT2D eigenvalue weighted by molar-refractivity contribution is 6.17. The molecule has 0 radical (unpaired) electrons. The highest BCUT2D eigenvalue weighted by Gasteiger charge is 2.28. The van der Waals surface area contributed by atoms with Crippen molar-refractivity contribution in [2.24, 2.45) is 5.92 Å². The van der Waals surface area contributed by atoms with Gasteiger partial charge in [-0.05, 0) is 25.7 Å². The van der Waals surface area contributed by atoms with Crippen LogP contribution in [0.1, 0.15) is 29.0 Å². The fourth-order valence-electron chi connectivity index (χ4n) is 2.08. The van der Waals surface area contributed by atoms with Gasteiger partial charge in [-0.2, -0.15) is 0 Å². The number of alkyl halides is 1. The molecule has 2 heterocycles. The smallest absolute Gasteiger partial charge is 0.259 e. The van der Waals surface area contributed by atoms with Crippen LogP contribution in [0, 0.1) is 12.8 Å². The molecule has 0 bridgehead atoms. The molecule has 1 unspecified atom stereocenters. The minimum absolute atomic E-state index is 0.0239. The van der Waals surface area contributed by atoms with E-state index in [4.69, 9.17) is 16.1 Å². The Morgan fingerprint density at radius 1 is 1.75 bits per heavy atom. The van der Waals surface area contributed by atoms with Crippen LogP contribution in [0.4, 0.5) is 0 Å². The number of rotatable bonds is 3. The normalized spacial score (nSPS) is 20.4. The number of carbonyl (C=O) groups excluding carboxylic acids is 1. The first kappa shape index (κ1) is 11.5. The van der Waals surface area contributed by atoms with E-state index in [0.29, 0.717) is 23.1 Å². The zero-order valence-corrected chi connectivity index (χ0v) is 10.0. The van der Waals surface area contributed by atoms with Gasteiger partial charge in [0.25, 0.3) is 5.91 Å². The van der Waals surface area contributed by atoms with Crippen LogP contribution in [0.5, 0.6) is 0 Å². The topological polar surface area (TPSA) is 46.3 Å². The number of hydrogen-bond acceptors (Lipinski definition) is 3. The van der Waals surface area contributed by atoms with Gasteiger partial charge < -0.3 is 9.42 Å². The quantitative estimate of drug-likeness (QED) is 0.763. The first-order valence-corrected chi connectivity index (χ1v) is 6.02. The van der Waals surface area contributed by atoms with Gasteiger partial charge in [-0.15, -0.1) is 11.6 Å². The van der Waals surface area contributed by atoms with Crippen molar-refractivity contribution >= 4 is 17.5 Å². The minimum atomic E-state index is 0.0239. The molecule has 1 aromatic rings. The van der Waals surface area contributed by atoms with Gasteiger partial charge in [-0.3, -0.25) is 4.79 Å². The molecule has 1 atom stereocenters. The summed E-state index contributed by atoms with van der Waals surface area (Å²) in [5, 5.41) is 3.63. The lowest BCUT2D eigenvalue weighted by atomic mass is 10.1. The highest BCUT2D eigenvalue weighted by Crippen LogP contribution is 2.22. The average Bonchev–Trinajstić information content (AvgIpc) is 2.87. The number of carbonyl (C=O) groups is 1. The van der Waals surface area contributed by atoms with Crippen molar-refractivity contribution in [3.8, 4) is 0 Å². The number of halogens is 1. The number of hydrogen-bond donors (Lipinski definition) is 0. The molecule has 1 amide bonds. The van der Waals surface area contributed by atoms with Gasteiger partial charge in [-0.25, -0.2) is 0 Å². The lowest BCUT2D eigenvalue weighted by molar-refractivity contribution is 0.0785. The highest BCUT2D eigenvalue weighted by atomic mass is 35.5. The predicted octanol–water partition coefficient (Wildman–Crippen LogP) is 2.07. The third-order valence-corrected chi connectivity index (χ3v) is 3.29. The molecule has 16 heavy (non-hydrogen) atoms. The number of nitrogens with zero attached hydrogens (tertiary/aromatic N) is 2. The summed E-state index contributed by atoms with van der Waals surface area (Å²) in [6, 6.07) is 0. The van der Waals surface area contributed by atoms with E-state index in [1.54, 1.807) is 6.92 Å². The number of amides is 1. The Kier molecular flexibility index (Phi) is 3.49. The van der Waals surface area contributed by atoms with Gasteiger partial charge in [0.15, 0.2) is 0 Å². The SMILES string of the molecule is Cc1oncc1C(=O)N1CCC(CCCl)C1. The Bertz CT molecular complexity index is 378. The van der Waals surface area contributed by atoms with Crippen molar-refractivity contribution in [3.63, 3.8) is 0 Å². The van der Waals surface area contributed by atoms with Crippen LogP contribution < -0.4 is 0 Å². The standard InChI is InChI=1S/C11H15ClN2O2/c1-8-10(6-13-16-8)11(15)14-5-3-9(7-14)2-4-12/h6,9H,2-5,7H2,1H3. The van der Waals surface area contributed by atoms with Crippen LogP contribution in [0.15, 0.2) is 10.7 Å². The first-order chi connectivity index (χ1) is 7.72. The monoisotopic (exact) mass is 242 g/mol. The van der Waals surface area contributed by atoms with E-state index in [0.717, 1.165) is 25.9 Å². The Balaban J connectivity index is 2.00. The van der Waals surface area contributed by atoms with E-state index >= 15 is 0 Å². The van der Waals surface area contributed by atoms with E-state index in [1.165, 1.54) is 6.20 Å². The Morgan fingerprint density at radius 3 is 3.19 bits per heavy atom. The molecule has 0 aliphatic carbocycles. The first-order valence-electron chi connectivity index (χ1n) is 5.49.